The van der Waals surface area contributed by atoms with Gasteiger partial charge in [0.1, 0.15) is 23.8 Å². The number of aliphatic hydroxyl groups excluding tert-OH is 4. The summed E-state index contributed by atoms with van der Waals surface area (Å²) in [5.74, 6) is 0.313. The van der Waals surface area contributed by atoms with E-state index in [0.29, 0.717) is 11.2 Å². The Labute approximate surface area is 136 Å². The minimum absolute atomic E-state index is 0.124. The summed E-state index contributed by atoms with van der Waals surface area (Å²) in [6.45, 7) is 1.41. The van der Waals surface area contributed by atoms with Crippen LogP contribution in [0, 0.1) is 0 Å². The summed E-state index contributed by atoms with van der Waals surface area (Å²) in [6, 6.07) is 0. The van der Waals surface area contributed by atoms with Gasteiger partial charge in [0.05, 0.1) is 19.0 Å². The average molecular weight is 340 g/mol. The lowest BCUT2D eigenvalue weighted by Crippen LogP contribution is -2.33. The topological polar surface area (TPSA) is 172 Å². The summed E-state index contributed by atoms with van der Waals surface area (Å²) in [5, 5.41) is 41.4. The molecule has 7 N–H and O–H groups in total. The molecule has 0 amide bonds. The van der Waals surface area contributed by atoms with E-state index in [1.165, 1.54) is 10.9 Å². The Hall–Kier alpha value is -2.05. The molecule has 1 saturated heterocycles. The van der Waals surface area contributed by atoms with E-state index in [9.17, 15) is 20.4 Å². The van der Waals surface area contributed by atoms with Gasteiger partial charge in [-0.1, -0.05) is 0 Å². The second-order valence-electron chi connectivity index (χ2n) is 5.72. The first kappa shape index (κ1) is 16.8. The van der Waals surface area contributed by atoms with Gasteiger partial charge in [0, 0.05) is 6.54 Å². The SMILES string of the molecule is CC(O)CNc1nc(N)c2ncn(C3O[C@H](CO)[C@@H](O)[C@H]3O)c2n1. The average Bonchev–Trinajstić information content (AvgIpc) is 3.08. The Morgan fingerprint density at radius 1 is 1.38 bits per heavy atom. The first-order valence-corrected chi connectivity index (χ1v) is 7.46. The molecule has 1 aliphatic rings. The van der Waals surface area contributed by atoms with E-state index in [0.717, 1.165) is 0 Å². The fraction of sp³-hybridized carbons (Fsp3) is 0.615. The predicted octanol–water partition coefficient (Wildman–Crippen LogP) is -2.19. The van der Waals surface area contributed by atoms with Gasteiger partial charge < -0.3 is 36.2 Å². The molecule has 0 bridgehead atoms. The molecule has 0 spiro atoms. The Balaban J connectivity index is 1.97. The lowest BCUT2D eigenvalue weighted by Gasteiger charge is -2.17. The largest absolute Gasteiger partial charge is 0.394 e. The van der Waals surface area contributed by atoms with Crippen molar-refractivity contribution < 1.29 is 25.2 Å². The normalized spacial score (nSPS) is 28.4. The highest BCUT2D eigenvalue weighted by molar-refractivity contribution is 5.83. The molecule has 0 saturated carbocycles. The second-order valence-corrected chi connectivity index (χ2v) is 5.72. The smallest absolute Gasteiger partial charge is 0.226 e. The Morgan fingerprint density at radius 3 is 2.75 bits per heavy atom. The zero-order valence-corrected chi connectivity index (χ0v) is 12.9. The third-order valence-corrected chi connectivity index (χ3v) is 3.80. The molecule has 2 aromatic heterocycles. The van der Waals surface area contributed by atoms with Gasteiger partial charge in [-0.25, -0.2) is 4.98 Å². The standard InChI is InChI=1S/C13H20N6O5/c1-5(21)2-15-13-17-10(14)7-11(18-13)19(4-16-7)12-9(23)8(22)6(3-20)24-12/h4-6,8-9,12,20-23H,2-3H2,1H3,(H3,14,15,17,18)/t5?,6-,8-,9-,12?/m1/s1. The van der Waals surface area contributed by atoms with E-state index in [2.05, 4.69) is 20.3 Å². The Kier molecular flexibility index (Phi) is 4.51. The van der Waals surface area contributed by atoms with Gasteiger partial charge in [-0.15, -0.1) is 0 Å². The molecule has 11 heteroatoms. The number of hydrogen-bond donors (Lipinski definition) is 6. The Morgan fingerprint density at radius 2 is 2.12 bits per heavy atom. The van der Waals surface area contributed by atoms with Crippen molar-refractivity contribution in [3.63, 3.8) is 0 Å². The maximum atomic E-state index is 10.1. The van der Waals surface area contributed by atoms with Crippen molar-refractivity contribution in [2.75, 3.05) is 24.2 Å². The molecule has 5 atom stereocenters. The lowest BCUT2D eigenvalue weighted by atomic mass is 10.1. The quantitative estimate of drug-likeness (QED) is 0.351. The number of nitrogens with one attached hydrogen (secondary N) is 1. The highest BCUT2D eigenvalue weighted by Gasteiger charge is 2.44. The highest BCUT2D eigenvalue weighted by atomic mass is 16.6. The summed E-state index contributed by atoms with van der Waals surface area (Å²) >= 11 is 0. The molecule has 24 heavy (non-hydrogen) atoms. The van der Waals surface area contributed by atoms with Crippen molar-refractivity contribution in [1.29, 1.82) is 0 Å². The number of nitrogens with two attached hydrogens (primary N) is 1. The minimum Gasteiger partial charge on any atom is -0.394 e. The molecule has 0 aromatic carbocycles. The minimum atomic E-state index is -1.26. The number of anilines is 2. The van der Waals surface area contributed by atoms with Crippen molar-refractivity contribution in [2.45, 2.75) is 37.6 Å². The van der Waals surface area contributed by atoms with E-state index in [4.69, 9.17) is 10.5 Å². The zero-order valence-electron chi connectivity index (χ0n) is 12.9. The molecule has 2 aromatic rings. The van der Waals surface area contributed by atoms with Crippen LogP contribution < -0.4 is 11.1 Å². The number of imidazole rings is 1. The van der Waals surface area contributed by atoms with Crippen LogP contribution in [0.2, 0.25) is 0 Å². The maximum absolute atomic E-state index is 10.1. The van der Waals surface area contributed by atoms with Crippen LogP contribution in [-0.4, -0.2) is 77.5 Å². The number of aromatic nitrogens is 4. The van der Waals surface area contributed by atoms with Crippen molar-refractivity contribution >= 4 is 22.9 Å². The number of hydrogen-bond acceptors (Lipinski definition) is 10. The van der Waals surface area contributed by atoms with Gasteiger partial charge in [0.15, 0.2) is 17.7 Å². The van der Waals surface area contributed by atoms with Crippen LogP contribution in [0.15, 0.2) is 6.33 Å². The molecule has 3 rings (SSSR count). The van der Waals surface area contributed by atoms with Crippen LogP contribution in [0.5, 0.6) is 0 Å². The lowest BCUT2D eigenvalue weighted by molar-refractivity contribution is -0.0511. The van der Waals surface area contributed by atoms with Crippen molar-refractivity contribution in [3.8, 4) is 0 Å². The van der Waals surface area contributed by atoms with Gasteiger partial charge >= 0.3 is 0 Å². The van der Waals surface area contributed by atoms with Crippen LogP contribution in [0.25, 0.3) is 11.2 Å². The summed E-state index contributed by atoms with van der Waals surface area (Å²) in [5.41, 5.74) is 6.48. The second kappa shape index (κ2) is 6.45. The molecular weight excluding hydrogens is 320 g/mol. The fourth-order valence-corrected chi connectivity index (χ4v) is 2.55. The van der Waals surface area contributed by atoms with Crippen molar-refractivity contribution in [1.82, 2.24) is 19.5 Å². The van der Waals surface area contributed by atoms with Crippen molar-refractivity contribution in [2.24, 2.45) is 0 Å². The van der Waals surface area contributed by atoms with Gasteiger partial charge in [-0.2, -0.15) is 9.97 Å². The number of fused-ring (bicyclic) bond motifs is 1. The Bertz CT molecular complexity index is 722. The molecular formula is C13H20N6O5. The van der Waals surface area contributed by atoms with Crippen LogP contribution in [-0.2, 0) is 4.74 Å². The number of nitrogens with zero attached hydrogens (tertiary/aromatic N) is 4. The maximum Gasteiger partial charge on any atom is 0.226 e. The van der Waals surface area contributed by atoms with Crippen LogP contribution in [0.4, 0.5) is 11.8 Å². The van der Waals surface area contributed by atoms with Gasteiger partial charge in [0.25, 0.3) is 0 Å². The van der Waals surface area contributed by atoms with Gasteiger partial charge in [-0.05, 0) is 6.92 Å². The number of rotatable bonds is 5. The molecule has 11 nitrogen and oxygen atoms in total. The summed E-state index contributed by atoms with van der Waals surface area (Å²) < 4.78 is 6.90. The molecule has 132 valence electrons. The fourth-order valence-electron chi connectivity index (χ4n) is 2.55. The number of nitrogen functional groups attached to an aromatic ring is 1. The highest BCUT2D eigenvalue weighted by Crippen LogP contribution is 2.32. The van der Waals surface area contributed by atoms with Crippen molar-refractivity contribution in [3.05, 3.63) is 6.33 Å². The molecule has 0 aliphatic carbocycles. The summed E-state index contributed by atoms with van der Waals surface area (Å²) in [6.07, 6.45) is -3.60. The van der Waals surface area contributed by atoms with E-state index in [-0.39, 0.29) is 18.3 Å². The monoisotopic (exact) mass is 340 g/mol. The van der Waals surface area contributed by atoms with Gasteiger partial charge in [-0.3, -0.25) is 4.57 Å². The third-order valence-electron chi connectivity index (χ3n) is 3.80. The van der Waals surface area contributed by atoms with Gasteiger partial charge in [0.2, 0.25) is 5.95 Å². The predicted molar refractivity (Wildman–Crippen MR) is 82.9 cm³/mol. The summed E-state index contributed by atoms with van der Waals surface area (Å²) in [7, 11) is 0. The first-order chi connectivity index (χ1) is 11.4. The number of ether oxygens (including phenoxy) is 1. The van der Waals surface area contributed by atoms with Crippen LogP contribution in [0.3, 0.4) is 0 Å². The van der Waals surface area contributed by atoms with Crippen LogP contribution in [0.1, 0.15) is 13.2 Å². The van der Waals surface area contributed by atoms with E-state index < -0.39 is 37.3 Å². The van der Waals surface area contributed by atoms with E-state index in [1.807, 2.05) is 0 Å². The number of aliphatic hydroxyl groups is 4. The van der Waals surface area contributed by atoms with E-state index in [1.54, 1.807) is 6.92 Å². The van der Waals surface area contributed by atoms with E-state index >= 15 is 0 Å². The third kappa shape index (κ3) is 2.87. The molecule has 1 fully saturated rings. The molecule has 0 radical (unpaired) electrons. The summed E-state index contributed by atoms with van der Waals surface area (Å²) in [4.78, 5) is 12.4. The molecule has 2 unspecified atom stereocenters. The molecule has 1 aliphatic heterocycles. The zero-order chi connectivity index (χ0) is 17.4. The first-order valence-electron chi connectivity index (χ1n) is 7.46. The van der Waals surface area contributed by atoms with Crippen LogP contribution >= 0.6 is 0 Å². The molecule has 3 heterocycles.